The minimum Gasteiger partial charge on any atom is -0.369 e. The van der Waals surface area contributed by atoms with Crippen LogP contribution in [-0.4, -0.2) is 84.7 Å². The normalized spacial score (nSPS) is 17.3. The average molecular weight is 585 g/mol. The average Bonchev–Trinajstić information content (AvgIpc) is 3.61. The molecule has 3 heterocycles. The van der Waals surface area contributed by atoms with Crippen LogP contribution in [0.5, 0.6) is 0 Å². The van der Waals surface area contributed by atoms with Crippen molar-refractivity contribution in [3.05, 3.63) is 71.4 Å². The summed E-state index contributed by atoms with van der Waals surface area (Å²) in [5.74, 6) is -0.0486. The van der Waals surface area contributed by atoms with E-state index < -0.39 is 0 Å². The van der Waals surface area contributed by atoms with Gasteiger partial charge in [0.25, 0.3) is 5.91 Å². The van der Waals surface area contributed by atoms with Gasteiger partial charge in [-0.15, -0.1) is 0 Å². The number of carbonyl (C=O) groups excluding carboxylic acids is 1. The summed E-state index contributed by atoms with van der Waals surface area (Å²) in [7, 11) is 8.46. The van der Waals surface area contributed by atoms with Crippen molar-refractivity contribution in [3.63, 3.8) is 0 Å². The number of aromatic nitrogens is 2. The molecule has 2 fully saturated rings. The zero-order chi connectivity index (χ0) is 29.4. The van der Waals surface area contributed by atoms with Crippen molar-refractivity contribution in [2.75, 3.05) is 58.8 Å². The molecule has 1 aliphatic carbocycles. The van der Waals surface area contributed by atoms with E-state index in [1.54, 1.807) is 6.20 Å². The van der Waals surface area contributed by atoms with Gasteiger partial charge in [-0.3, -0.25) is 4.79 Å². The van der Waals surface area contributed by atoms with Gasteiger partial charge in [0.05, 0.1) is 10.7 Å². The fourth-order valence-corrected chi connectivity index (χ4v) is 7.03. The van der Waals surface area contributed by atoms with Gasteiger partial charge in [0, 0.05) is 73.7 Å². The number of rotatable bonds is 7. The molecule has 220 valence electrons. The second kappa shape index (κ2) is 11.7. The smallest absolute Gasteiger partial charge is 0.251 e. The molecular formula is C34H41ClN6O. The minimum absolute atomic E-state index is 0.0333. The first-order chi connectivity index (χ1) is 20.3. The van der Waals surface area contributed by atoms with Gasteiger partial charge >= 0.3 is 0 Å². The number of carbonyl (C=O) groups is 1. The molecule has 0 atom stereocenters. The molecule has 2 aromatic heterocycles. The van der Waals surface area contributed by atoms with E-state index in [1.807, 2.05) is 31.3 Å². The lowest BCUT2D eigenvalue weighted by molar-refractivity contribution is 0.0900. The fraction of sp³-hybridized carbons (Fsp3) is 0.412. The Morgan fingerprint density at radius 2 is 1.69 bits per heavy atom. The molecule has 2 aromatic carbocycles. The number of hydrogen-bond donors (Lipinski definition) is 1. The summed E-state index contributed by atoms with van der Waals surface area (Å²) in [6.07, 6.45) is 6.39. The van der Waals surface area contributed by atoms with Gasteiger partial charge in [0.15, 0.2) is 0 Å². The third kappa shape index (κ3) is 5.30. The number of anilines is 1. The van der Waals surface area contributed by atoms with Gasteiger partial charge in [-0.2, -0.15) is 0 Å². The Morgan fingerprint density at radius 1 is 0.976 bits per heavy atom. The van der Waals surface area contributed by atoms with E-state index in [1.165, 1.54) is 18.5 Å². The number of nitrogens with one attached hydrogen (secondary N) is 1. The third-order valence-corrected chi connectivity index (χ3v) is 9.82. The molecule has 0 bridgehead atoms. The van der Waals surface area contributed by atoms with Gasteiger partial charge in [0.1, 0.15) is 5.65 Å². The topological polar surface area (TPSA) is 56.6 Å². The molecule has 4 aromatic rings. The number of pyridine rings is 1. The molecule has 1 amide bonds. The van der Waals surface area contributed by atoms with Crippen LogP contribution in [0.2, 0.25) is 5.02 Å². The van der Waals surface area contributed by atoms with Crippen LogP contribution in [0.3, 0.4) is 0 Å². The van der Waals surface area contributed by atoms with Crippen LogP contribution in [0.25, 0.3) is 33.4 Å². The number of nitrogens with zero attached hydrogens (tertiary/aromatic N) is 5. The highest BCUT2D eigenvalue weighted by atomic mass is 35.5. The molecule has 0 unspecified atom stereocenters. The van der Waals surface area contributed by atoms with Crippen LogP contribution in [0.1, 0.15) is 36.0 Å². The number of halogens is 1. The zero-order valence-electron chi connectivity index (χ0n) is 25.2. The maximum Gasteiger partial charge on any atom is 0.251 e. The van der Waals surface area contributed by atoms with E-state index in [9.17, 15) is 4.79 Å². The van der Waals surface area contributed by atoms with E-state index in [0.29, 0.717) is 17.1 Å². The van der Waals surface area contributed by atoms with E-state index in [-0.39, 0.29) is 11.4 Å². The van der Waals surface area contributed by atoms with Gasteiger partial charge in [-0.1, -0.05) is 48.7 Å². The third-order valence-electron chi connectivity index (χ3n) is 9.50. The van der Waals surface area contributed by atoms with Crippen LogP contribution >= 0.6 is 11.6 Å². The molecule has 2 aliphatic rings. The molecule has 0 radical (unpaired) electrons. The Kier molecular flexibility index (Phi) is 8.01. The highest BCUT2D eigenvalue weighted by molar-refractivity contribution is 6.37. The standard InChI is InChI=1S/C34H41ClN6O/c1-38(2)34(15-5-6-16-34)23-37-33(42)26-9-7-8-25(22-26)29-30-28(35)14-17-36-32(30)40(4)31(29)24-10-12-27(13-11-24)41-20-18-39(3)19-21-41/h7-14,17,22H,5-6,15-16,18-21,23H2,1-4H3,(H,37,42). The van der Waals surface area contributed by atoms with Crippen LogP contribution in [0.15, 0.2) is 60.8 Å². The molecule has 1 saturated carbocycles. The molecule has 1 aliphatic heterocycles. The summed E-state index contributed by atoms with van der Waals surface area (Å²) in [6, 6.07) is 18.6. The number of likely N-dealkylation sites (N-methyl/N-ethyl adjacent to an activating group) is 2. The summed E-state index contributed by atoms with van der Waals surface area (Å²) in [6.45, 7) is 4.84. The Balaban J connectivity index is 1.36. The Hall–Kier alpha value is -3.39. The van der Waals surface area contributed by atoms with Crippen molar-refractivity contribution >= 4 is 34.2 Å². The minimum atomic E-state index is -0.0486. The summed E-state index contributed by atoms with van der Waals surface area (Å²) >= 11 is 6.85. The number of benzene rings is 2. The summed E-state index contributed by atoms with van der Waals surface area (Å²) < 4.78 is 2.12. The first-order valence-corrected chi connectivity index (χ1v) is 15.4. The van der Waals surface area contributed by atoms with Crippen LogP contribution in [0.4, 0.5) is 5.69 Å². The highest BCUT2D eigenvalue weighted by Gasteiger charge is 2.36. The summed E-state index contributed by atoms with van der Waals surface area (Å²) in [4.78, 5) is 25.3. The number of hydrogen-bond acceptors (Lipinski definition) is 5. The highest BCUT2D eigenvalue weighted by Crippen LogP contribution is 2.43. The molecule has 42 heavy (non-hydrogen) atoms. The summed E-state index contributed by atoms with van der Waals surface area (Å²) in [5, 5.41) is 4.80. The van der Waals surface area contributed by atoms with E-state index in [0.717, 1.165) is 72.4 Å². The Labute approximate surface area is 254 Å². The van der Waals surface area contributed by atoms with Gasteiger partial charge < -0.3 is 24.6 Å². The first-order valence-electron chi connectivity index (χ1n) is 15.0. The summed E-state index contributed by atoms with van der Waals surface area (Å²) in [5.41, 5.74) is 6.80. The van der Waals surface area contributed by atoms with Crippen molar-refractivity contribution in [2.45, 2.75) is 31.2 Å². The van der Waals surface area contributed by atoms with E-state index in [2.05, 4.69) is 76.1 Å². The Bertz CT molecular complexity index is 1580. The number of amides is 1. The van der Waals surface area contributed by atoms with Gasteiger partial charge in [0.2, 0.25) is 0 Å². The van der Waals surface area contributed by atoms with Crippen molar-refractivity contribution in [1.82, 2.24) is 24.7 Å². The second-order valence-electron chi connectivity index (χ2n) is 12.2. The molecule has 7 nitrogen and oxygen atoms in total. The second-order valence-corrected chi connectivity index (χ2v) is 12.6. The lowest BCUT2D eigenvalue weighted by Gasteiger charge is -2.36. The van der Waals surface area contributed by atoms with Gasteiger partial charge in [-0.05, 0) is 75.4 Å². The number of piperazine rings is 1. The molecule has 1 N–H and O–H groups in total. The van der Waals surface area contributed by atoms with Gasteiger partial charge in [-0.25, -0.2) is 4.98 Å². The molecule has 8 heteroatoms. The lowest BCUT2D eigenvalue weighted by Crippen LogP contribution is -2.50. The predicted molar refractivity (Wildman–Crippen MR) is 174 cm³/mol. The van der Waals surface area contributed by atoms with Crippen molar-refractivity contribution in [1.29, 1.82) is 0 Å². The molecular weight excluding hydrogens is 544 g/mol. The first kappa shape index (κ1) is 28.7. The predicted octanol–water partition coefficient (Wildman–Crippen LogP) is 5.92. The molecule has 0 spiro atoms. The SMILES string of the molecule is CN1CCN(c2ccc(-c3c(-c4cccc(C(=O)NCC5(N(C)C)CCCC5)c4)c4c(Cl)ccnc4n3C)cc2)CC1. The van der Waals surface area contributed by atoms with E-state index >= 15 is 0 Å². The lowest BCUT2D eigenvalue weighted by atomic mass is 9.95. The fourth-order valence-electron chi connectivity index (χ4n) is 6.80. The quantitative estimate of drug-likeness (QED) is 0.292. The maximum atomic E-state index is 13.5. The van der Waals surface area contributed by atoms with Crippen LogP contribution in [0, 0.1) is 0 Å². The van der Waals surface area contributed by atoms with Crippen LogP contribution in [-0.2, 0) is 7.05 Å². The van der Waals surface area contributed by atoms with E-state index in [4.69, 9.17) is 16.6 Å². The monoisotopic (exact) mass is 584 g/mol. The number of aryl methyl sites for hydroxylation is 1. The molecule has 6 rings (SSSR count). The van der Waals surface area contributed by atoms with Crippen molar-refractivity contribution in [2.24, 2.45) is 7.05 Å². The largest absolute Gasteiger partial charge is 0.369 e. The van der Waals surface area contributed by atoms with Crippen LogP contribution < -0.4 is 10.2 Å². The Morgan fingerprint density at radius 3 is 2.38 bits per heavy atom. The molecule has 1 saturated heterocycles. The number of fused-ring (bicyclic) bond motifs is 1. The maximum absolute atomic E-state index is 13.5. The van der Waals surface area contributed by atoms with Crippen molar-refractivity contribution < 1.29 is 4.79 Å². The zero-order valence-corrected chi connectivity index (χ0v) is 25.9. The van der Waals surface area contributed by atoms with Crippen molar-refractivity contribution in [3.8, 4) is 22.4 Å².